The van der Waals surface area contributed by atoms with Crippen molar-refractivity contribution in [1.82, 2.24) is 0 Å². The molecular weight excluding hydrogens is 512 g/mol. The van der Waals surface area contributed by atoms with Crippen LogP contribution in [0.3, 0.4) is 0 Å². The minimum Gasteiger partial charge on any atom is 0 e. The van der Waals surface area contributed by atoms with Gasteiger partial charge < -0.3 is 0 Å². The molecule has 0 unspecified atom stereocenters. The van der Waals surface area contributed by atoms with Crippen LogP contribution >= 0.6 is 0 Å². The molecule has 0 fully saturated rings. The van der Waals surface area contributed by atoms with Crippen molar-refractivity contribution in [2.24, 2.45) is 0 Å². The van der Waals surface area contributed by atoms with Crippen LogP contribution in [-0.4, -0.2) is 23.7 Å². The van der Waals surface area contributed by atoms with Crippen LogP contribution in [0.2, 0.25) is 0 Å². The summed E-state index contributed by atoms with van der Waals surface area (Å²) in [7, 11) is 0. The van der Waals surface area contributed by atoms with Gasteiger partial charge in [-0.25, -0.2) is 0 Å². The molecule has 0 amide bonds. The summed E-state index contributed by atoms with van der Waals surface area (Å²) in [6.07, 6.45) is 0. The van der Waals surface area contributed by atoms with Gasteiger partial charge in [-0.05, 0) is 0 Å². The maximum atomic E-state index is 7.50. The monoisotopic (exact) mass is 514 g/mol. The molecule has 0 aliphatic rings. The Balaban J connectivity index is -0.00000000433. The number of rotatable bonds is 0. The van der Waals surface area contributed by atoms with Crippen LogP contribution in [0.5, 0.6) is 0 Å². The molecule has 0 N–H and O–H groups in total. The average molecular weight is 512 g/mol. The van der Waals surface area contributed by atoms with E-state index < -0.39 is 0 Å². The van der Waals surface area contributed by atoms with Gasteiger partial charge in [0.2, 0.25) is 0 Å². The van der Waals surface area contributed by atoms with Crippen LogP contribution in [0.4, 0.5) is 0 Å². The summed E-state index contributed by atoms with van der Waals surface area (Å²) in [6, 6.07) is 0. The topological polar surface area (TPSA) is 199 Å². The van der Waals surface area contributed by atoms with Crippen molar-refractivity contribution in [3.8, 4) is 0 Å². The van der Waals surface area contributed by atoms with E-state index in [1.165, 1.54) is 0 Å². The molecule has 13 heteroatoms. The summed E-state index contributed by atoms with van der Waals surface area (Å²) in [5, 5.41) is 0. The van der Waals surface area contributed by atoms with Crippen molar-refractivity contribution in [2.45, 2.75) is 0 Å². The van der Waals surface area contributed by atoms with Crippen LogP contribution in [0.15, 0.2) is 0 Å². The minimum atomic E-state index is 0. The van der Waals surface area contributed by atoms with E-state index in [1.54, 1.807) is 0 Å². The molecule has 0 aromatic carbocycles. The van der Waals surface area contributed by atoms with Gasteiger partial charge in [0, 0.05) is 58.4 Å². The predicted octanol–water partition coefficient (Wildman–Crippen LogP) is -0.761. The maximum absolute atomic E-state index is 7.50. The fourth-order valence-electron chi connectivity index (χ4n) is 0. The summed E-state index contributed by atoms with van der Waals surface area (Å²) in [5.74, 6) is 0. The van der Waals surface area contributed by atoms with Crippen LogP contribution < -0.4 is 0 Å². The minimum absolute atomic E-state index is 0. The second-order valence-corrected chi connectivity index (χ2v) is 0. The molecule has 0 rings (SSSR count). The fourth-order valence-corrected chi connectivity index (χ4v) is 0. The van der Waals surface area contributed by atoms with Gasteiger partial charge in [-0.15, -0.1) is 0 Å². The molecule has 0 aliphatic carbocycles. The Morgan fingerprint density at radius 3 is 0.217 bits per heavy atom. The van der Waals surface area contributed by atoms with Gasteiger partial charge in [0.25, 0.3) is 0 Å². The SMILES string of the molecule is [C-]#[O+].[C-]#[O+].[C-]#[O+].[C-]#[O+].[C-]#[O+].[C-]#[O+].[C-]#[O+].[C-]#[O+].[C-]#[O+].[C-]#[O+].[Cr].[Cr].[Te]. The van der Waals surface area contributed by atoms with E-state index in [0.717, 1.165) is 0 Å². The summed E-state index contributed by atoms with van der Waals surface area (Å²) < 4.78 is 75.0. The molecule has 2 radical (unpaired) electrons. The van der Waals surface area contributed by atoms with Gasteiger partial charge in [0.15, 0.2) is 0 Å². The molecule has 0 spiro atoms. The third kappa shape index (κ3) is 14200. The Hall–Kier alpha value is -0.745. The molecule has 0 saturated carbocycles. The first-order valence-electron chi connectivity index (χ1n) is 2.04. The van der Waals surface area contributed by atoms with E-state index in [2.05, 4.69) is 66.5 Å². The summed E-state index contributed by atoms with van der Waals surface area (Å²) in [4.78, 5) is 0. The quantitative estimate of drug-likeness (QED) is 0.224. The van der Waals surface area contributed by atoms with E-state index in [4.69, 9.17) is 46.5 Å². The first-order valence-corrected chi connectivity index (χ1v) is 2.04. The molecule has 0 saturated heterocycles. The van der Waals surface area contributed by atoms with Crippen LogP contribution in [0.25, 0.3) is 0 Å². The van der Waals surface area contributed by atoms with Gasteiger partial charge in [-0.1, -0.05) is 0 Å². The molecule has 0 aromatic heterocycles. The van der Waals surface area contributed by atoms with E-state index in [-0.39, 0.29) is 58.4 Å². The largest absolute Gasteiger partial charge is 0 e. The van der Waals surface area contributed by atoms with Crippen molar-refractivity contribution in [3.05, 3.63) is 66.5 Å². The van der Waals surface area contributed by atoms with Gasteiger partial charge >= 0.3 is 113 Å². The van der Waals surface area contributed by atoms with Gasteiger partial charge in [0.1, 0.15) is 0 Å². The van der Waals surface area contributed by atoms with E-state index in [1.807, 2.05) is 0 Å². The van der Waals surface area contributed by atoms with E-state index >= 15 is 0 Å². The van der Waals surface area contributed by atoms with Crippen molar-refractivity contribution in [2.75, 3.05) is 0 Å². The van der Waals surface area contributed by atoms with Crippen LogP contribution in [0.1, 0.15) is 0 Å². The van der Waals surface area contributed by atoms with Crippen molar-refractivity contribution >= 4 is 23.7 Å². The summed E-state index contributed by atoms with van der Waals surface area (Å²) in [6.45, 7) is 45.0. The smallest absolute Gasteiger partial charge is 0 e. The summed E-state index contributed by atoms with van der Waals surface area (Å²) in [5.41, 5.74) is 0. The van der Waals surface area contributed by atoms with Gasteiger partial charge in [-0.2, -0.15) is 0 Å². The molecule has 118 valence electrons. The Labute approximate surface area is 170 Å². The molecule has 0 heterocycles. The molecule has 23 heavy (non-hydrogen) atoms. The molecular formula is C10Cr2O10Te. The van der Waals surface area contributed by atoms with Crippen LogP contribution in [0, 0.1) is 66.5 Å². The van der Waals surface area contributed by atoms with Gasteiger partial charge in [-0.3, -0.25) is 0 Å². The molecule has 0 aromatic rings. The maximum Gasteiger partial charge on any atom is 0 e. The fraction of sp³-hybridized carbons (Fsp3) is 0. The van der Waals surface area contributed by atoms with Crippen LogP contribution in [-0.2, 0) is 81.2 Å². The van der Waals surface area contributed by atoms with E-state index in [0.29, 0.717) is 0 Å². The second-order valence-electron chi connectivity index (χ2n) is 0. The zero-order valence-corrected chi connectivity index (χ0v) is 15.2. The molecule has 10 nitrogen and oxygen atoms in total. The van der Waals surface area contributed by atoms with Gasteiger partial charge in [0.05, 0.1) is 0 Å². The number of hydrogen-bond donors (Lipinski definition) is 0. The van der Waals surface area contributed by atoms with E-state index in [9.17, 15) is 0 Å². The summed E-state index contributed by atoms with van der Waals surface area (Å²) >= 11 is 0. The predicted molar refractivity (Wildman–Crippen MR) is 45.0 cm³/mol. The standard InChI is InChI=1S/10CO.2Cr.Te/c10*1-2;;;. The van der Waals surface area contributed by atoms with Crippen molar-refractivity contribution in [1.29, 1.82) is 0 Å². The molecule has 0 bridgehead atoms. The third-order valence-corrected chi connectivity index (χ3v) is 0. The Kier molecular flexibility index (Phi) is 80100. The molecule has 0 atom stereocenters. The zero-order chi connectivity index (χ0) is 20.0. The third-order valence-electron chi connectivity index (χ3n) is 0. The Morgan fingerprint density at radius 1 is 0.217 bits per heavy atom. The Bertz CT molecular complexity index is 183. The normalized spacial score (nSPS) is 0.870. The Morgan fingerprint density at radius 2 is 0.217 bits per heavy atom. The average Bonchev–Trinajstić information content (AvgIpc) is 2.71. The first kappa shape index (κ1) is 117. The molecule has 0 aliphatic heterocycles. The zero-order valence-electron chi connectivity index (χ0n) is 10.3. The van der Waals surface area contributed by atoms with Crippen molar-refractivity contribution < 1.29 is 81.2 Å². The first-order chi connectivity index (χ1) is 10.0. The second kappa shape index (κ2) is 15700. The van der Waals surface area contributed by atoms with Crippen molar-refractivity contribution in [3.63, 3.8) is 0 Å². The number of hydrogen-bond acceptors (Lipinski definition) is 0.